The second-order valence-corrected chi connectivity index (χ2v) is 7.06. The highest BCUT2D eigenvalue weighted by Crippen LogP contribution is 2.32. The summed E-state index contributed by atoms with van der Waals surface area (Å²) in [6, 6.07) is 18.9. The second kappa shape index (κ2) is 6.83. The minimum Gasteiger partial charge on any atom is -0.304 e. The molecule has 5 nitrogen and oxygen atoms in total. The summed E-state index contributed by atoms with van der Waals surface area (Å²) < 4.78 is 1.35. The van der Waals surface area contributed by atoms with E-state index in [0.29, 0.717) is 6.54 Å². The molecule has 27 heavy (non-hydrogen) atoms. The minimum atomic E-state index is -0.220. The molecule has 0 aliphatic carbocycles. The van der Waals surface area contributed by atoms with Crippen molar-refractivity contribution in [3.63, 3.8) is 0 Å². The van der Waals surface area contributed by atoms with Gasteiger partial charge in [-0.25, -0.2) is 4.68 Å². The van der Waals surface area contributed by atoms with Crippen LogP contribution in [0.2, 0.25) is 0 Å². The first-order valence-electron chi connectivity index (χ1n) is 9.08. The van der Waals surface area contributed by atoms with Crippen LogP contribution in [0.4, 0.5) is 5.69 Å². The van der Waals surface area contributed by atoms with Gasteiger partial charge in [0.05, 0.1) is 6.54 Å². The Labute approximate surface area is 157 Å². The van der Waals surface area contributed by atoms with Gasteiger partial charge in [-0.05, 0) is 43.5 Å². The van der Waals surface area contributed by atoms with Crippen molar-refractivity contribution in [3.8, 4) is 0 Å². The van der Waals surface area contributed by atoms with Crippen LogP contribution in [0.5, 0.6) is 0 Å². The molecular formula is C22H21N3O2. The standard InChI is InChI=1S/C22H21N3O2/c1-15-7-9-17(10-8-15)14-24-21(26)12-11-19(23-24)22(27)25-16(2)13-18-5-3-4-6-20(18)25/h3-12,16H,13-14H2,1-2H3. The maximum absolute atomic E-state index is 13.1. The Hall–Kier alpha value is -3.21. The summed E-state index contributed by atoms with van der Waals surface area (Å²) in [5.74, 6) is -0.176. The largest absolute Gasteiger partial charge is 0.304 e. The number of carbonyl (C=O) groups is 1. The number of carbonyl (C=O) groups excluding carboxylic acids is 1. The van der Waals surface area contributed by atoms with Crippen LogP contribution in [-0.4, -0.2) is 21.7 Å². The van der Waals surface area contributed by atoms with E-state index < -0.39 is 0 Å². The molecule has 0 saturated heterocycles. The van der Waals surface area contributed by atoms with Crippen LogP contribution in [0, 0.1) is 6.92 Å². The van der Waals surface area contributed by atoms with Crippen LogP contribution >= 0.6 is 0 Å². The number of hydrogen-bond donors (Lipinski definition) is 0. The van der Waals surface area contributed by atoms with E-state index in [9.17, 15) is 9.59 Å². The highest BCUT2D eigenvalue weighted by molar-refractivity contribution is 6.06. The summed E-state index contributed by atoms with van der Waals surface area (Å²) in [5, 5.41) is 4.35. The fourth-order valence-electron chi connectivity index (χ4n) is 3.54. The highest BCUT2D eigenvalue weighted by Gasteiger charge is 2.32. The molecule has 1 unspecified atom stereocenters. The Morgan fingerprint density at radius 2 is 1.81 bits per heavy atom. The Balaban J connectivity index is 1.65. The van der Waals surface area contributed by atoms with E-state index >= 15 is 0 Å². The summed E-state index contributed by atoms with van der Waals surface area (Å²) in [4.78, 5) is 27.1. The Bertz CT molecular complexity index is 1050. The van der Waals surface area contributed by atoms with E-state index in [4.69, 9.17) is 0 Å². The molecule has 136 valence electrons. The van der Waals surface area contributed by atoms with Crippen molar-refractivity contribution >= 4 is 11.6 Å². The summed E-state index contributed by atoms with van der Waals surface area (Å²) in [6.45, 7) is 4.38. The molecule has 2 aromatic carbocycles. The fourth-order valence-corrected chi connectivity index (χ4v) is 3.54. The molecule has 0 fully saturated rings. The van der Waals surface area contributed by atoms with Crippen molar-refractivity contribution in [2.24, 2.45) is 0 Å². The first-order valence-corrected chi connectivity index (χ1v) is 9.08. The van der Waals surface area contributed by atoms with E-state index in [-0.39, 0.29) is 23.2 Å². The lowest BCUT2D eigenvalue weighted by Gasteiger charge is -2.22. The van der Waals surface area contributed by atoms with Gasteiger partial charge in [-0.15, -0.1) is 0 Å². The van der Waals surface area contributed by atoms with Gasteiger partial charge in [0.1, 0.15) is 5.69 Å². The average molecular weight is 359 g/mol. The Morgan fingerprint density at radius 1 is 1.07 bits per heavy atom. The number of amides is 1. The third-order valence-corrected chi connectivity index (χ3v) is 4.96. The summed E-state index contributed by atoms with van der Waals surface area (Å²) in [7, 11) is 0. The predicted molar refractivity (Wildman–Crippen MR) is 105 cm³/mol. The molecule has 0 bridgehead atoms. The lowest BCUT2D eigenvalue weighted by atomic mass is 10.1. The first kappa shape index (κ1) is 17.2. The lowest BCUT2D eigenvalue weighted by molar-refractivity contribution is 0.0974. The SMILES string of the molecule is Cc1ccc(Cn2nc(C(=O)N3c4ccccc4CC3C)ccc2=O)cc1. The van der Waals surface area contributed by atoms with Gasteiger partial charge < -0.3 is 4.90 Å². The summed E-state index contributed by atoms with van der Waals surface area (Å²) >= 11 is 0. The Kier molecular flexibility index (Phi) is 4.36. The minimum absolute atomic E-state index is 0.0641. The van der Waals surface area contributed by atoms with E-state index in [1.165, 1.54) is 16.8 Å². The second-order valence-electron chi connectivity index (χ2n) is 7.06. The molecule has 1 atom stereocenters. The normalized spacial score (nSPS) is 15.6. The molecule has 1 aromatic heterocycles. The van der Waals surface area contributed by atoms with E-state index in [2.05, 4.69) is 5.10 Å². The topological polar surface area (TPSA) is 55.2 Å². The van der Waals surface area contributed by atoms with Gasteiger partial charge in [0.15, 0.2) is 0 Å². The van der Waals surface area contributed by atoms with Crippen LogP contribution in [0.3, 0.4) is 0 Å². The number of rotatable bonds is 3. The third-order valence-electron chi connectivity index (χ3n) is 4.96. The van der Waals surface area contributed by atoms with Gasteiger partial charge >= 0.3 is 0 Å². The third kappa shape index (κ3) is 3.28. The van der Waals surface area contributed by atoms with E-state index in [1.807, 2.05) is 62.4 Å². The smallest absolute Gasteiger partial charge is 0.278 e. The summed E-state index contributed by atoms with van der Waals surface area (Å²) in [6.07, 6.45) is 0.824. The van der Waals surface area contributed by atoms with Crippen molar-refractivity contribution in [2.75, 3.05) is 4.90 Å². The van der Waals surface area contributed by atoms with Crippen molar-refractivity contribution < 1.29 is 4.79 Å². The zero-order chi connectivity index (χ0) is 19.0. The fraction of sp³-hybridized carbons (Fsp3) is 0.227. The average Bonchev–Trinajstić information content (AvgIpc) is 3.00. The number of anilines is 1. The Morgan fingerprint density at radius 3 is 2.59 bits per heavy atom. The monoisotopic (exact) mass is 359 g/mol. The van der Waals surface area contributed by atoms with Crippen molar-refractivity contribution in [1.82, 2.24) is 9.78 Å². The van der Waals surface area contributed by atoms with Crippen molar-refractivity contribution in [1.29, 1.82) is 0 Å². The predicted octanol–water partition coefficient (Wildman–Crippen LogP) is 3.19. The molecule has 3 aromatic rings. The maximum Gasteiger partial charge on any atom is 0.278 e. The van der Waals surface area contributed by atoms with Crippen molar-refractivity contribution in [3.05, 3.63) is 93.4 Å². The van der Waals surface area contributed by atoms with Gasteiger partial charge in [-0.1, -0.05) is 48.0 Å². The number of nitrogens with zero attached hydrogens (tertiary/aromatic N) is 3. The number of aryl methyl sites for hydroxylation is 1. The van der Waals surface area contributed by atoms with Gasteiger partial charge in [-0.3, -0.25) is 9.59 Å². The zero-order valence-corrected chi connectivity index (χ0v) is 15.4. The maximum atomic E-state index is 13.1. The molecule has 0 N–H and O–H groups in total. The van der Waals surface area contributed by atoms with E-state index in [0.717, 1.165) is 28.8 Å². The zero-order valence-electron chi connectivity index (χ0n) is 15.4. The molecule has 0 spiro atoms. The van der Waals surface area contributed by atoms with Crippen LogP contribution < -0.4 is 10.5 Å². The van der Waals surface area contributed by atoms with Gasteiger partial charge in [0.2, 0.25) is 0 Å². The van der Waals surface area contributed by atoms with Crippen molar-refractivity contribution in [2.45, 2.75) is 32.9 Å². The van der Waals surface area contributed by atoms with Crippen LogP contribution in [-0.2, 0) is 13.0 Å². The molecule has 4 rings (SSSR count). The van der Waals surface area contributed by atoms with E-state index in [1.54, 1.807) is 4.90 Å². The van der Waals surface area contributed by atoms with Gasteiger partial charge in [0, 0.05) is 17.8 Å². The molecule has 0 radical (unpaired) electrons. The van der Waals surface area contributed by atoms with Crippen LogP contribution in [0.15, 0.2) is 65.5 Å². The number of hydrogen-bond acceptors (Lipinski definition) is 3. The van der Waals surface area contributed by atoms with Crippen LogP contribution in [0.1, 0.15) is 34.1 Å². The molecule has 5 heteroatoms. The molecular weight excluding hydrogens is 338 g/mol. The molecule has 0 saturated carbocycles. The molecule has 1 aliphatic rings. The summed E-state index contributed by atoms with van der Waals surface area (Å²) in [5.41, 5.74) is 4.27. The molecule has 2 heterocycles. The van der Waals surface area contributed by atoms with Crippen LogP contribution in [0.25, 0.3) is 0 Å². The quantitative estimate of drug-likeness (QED) is 0.722. The number of para-hydroxylation sites is 1. The first-order chi connectivity index (χ1) is 13.0. The van der Waals surface area contributed by atoms with Gasteiger partial charge in [-0.2, -0.15) is 5.10 Å². The number of aromatic nitrogens is 2. The van der Waals surface area contributed by atoms with Gasteiger partial charge in [0.25, 0.3) is 11.5 Å². The molecule has 1 aliphatic heterocycles. The molecule has 1 amide bonds. The number of fused-ring (bicyclic) bond motifs is 1. The number of benzene rings is 2. The highest BCUT2D eigenvalue weighted by atomic mass is 16.2. The lowest BCUT2D eigenvalue weighted by Crippen LogP contribution is -2.37.